The fourth-order valence-corrected chi connectivity index (χ4v) is 3.10. The van der Waals surface area contributed by atoms with Crippen LogP contribution in [0.15, 0.2) is 42.5 Å². The first-order valence-corrected chi connectivity index (χ1v) is 8.13. The number of nitro benzene ring substituents is 1. The lowest BCUT2D eigenvalue weighted by molar-refractivity contribution is -0.385. The minimum Gasteiger partial charge on any atom is -0.358 e. The molecule has 0 atom stereocenters. The quantitative estimate of drug-likeness (QED) is 0.534. The topological polar surface area (TPSA) is 88.0 Å². The maximum atomic E-state index is 12.4. The molecule has 6 nitrogen and oxygen atoms in total. The molecule has 0 fully saturated rings. The van der Waals surface area contributed by atoms with Gasteiger partial charge in [-0.2, -0.15) is 0 Å². The molecule has 0 aliphatic carbocycles. The Hall–Kier alpha value is -2.86. The maximum Gasteiger partial charge on any atom is 0.283 e. The number of nitro groups is 1. The number of nitrogens with one attached hydrogen (secondary N) is 2. The lowest BCUT2D eigenvalue weighted by atomic mass is 10.1. The third-order valence-corrected chi connectivity index (χ3v) is 4.19. The van der Waals surface area contributed by atoms with Crippen molar-refractivity contribution in [1.82, 2.24) is 10.3 Å². The van der Waals surface area contributed by atoms with Gasteiger partial charge in [0.2, 0.25) is 0 Å². The summed E-state index contributed by atoms with van der Waals surface area (Å²) in [7, 11) is 0. The van der Waals surface area contributed by atoms with Crippen LogP contribution < -0.4 is 5.32 Å². The summed E-state index contributed by atoms with van der Waals surface area (Å²) in [6, 6.07) is 12.7. The zero-order chi connectivity index (χ0) is 18.0. The fraction of sp³-hybridized carbons (Fsp3) is 0.167. The molecule has 0 spiro atoms. The number of halogens is 1. The summed E-state index contributed by atoms with van der Waals surface area (Å²) in [4.78, 5) is 26.3. The summed E-state index contributed by atoms with van der Waals surface area (Å²) >= 11 is 5.85. The number of aromatic amines is 1. The molecule has 1 amide bonds. The molecule has 1 aromatic heterocycles. The van der Waals surface area contributed by atoms with E-state index < -0.39 is 10.8 Å². The first-order valence-electron chi connectivity index (χ1n) is 7.75. The summed E-state index contributed by atoms with van der Waals surface area (Å²) in [5, 5.41) is 15.3. The minimum absolute atomic E-state index is 0.0473. The summed E-state index contributed by atoms with van der Waals surface area (Å²) in [6.07, 6.45) is 0.598. The van der Waals surface area contributed by atoms with Crippen molar-refractivity contribution in [2.75, 3.05) is 6.54 Å². The summed E-state index contributed by atoms with van der Waals surface area (Å²) < 4.78 is 0. The molecule has 0 saturated heterocycles. The van der Waals surface area contributed by atoms with Gasteiger partial charge in [0.15, 0.2) is 0 Å². The predicted molar refractivity (Wildman–Crippen MR) is 97.2 cm³/mol. The molecule has 0 aliphatic rings. The number of nitrogens with zero attached hydrogens (tertiary/aromatic N) is 1. The van der Waals surface area contributed by atoms with Gasteiger partial charge in [0, 0.05) is 35.3 Å². The second-order valence-electron chi connectivity index (χ2n) is 5.76. The molecule has 2 N–H and O–H groups in total. The Morgan fingerprint density at radius 1 is 1.28 bits per heavy atom. The van der Waals surface area contributed by atoms with E-state index in [0.717, 1.165) is 16.6 Å². The van der Waals surface area contributed by atoms with Crippen LogP contribution in [0.4, 0.5) is 5.69 Å². The lowest BCUT2D eigenvalue weighted by Crippen LogP contribution is -2.27. The highest BCUT2D eigenvalue weighted by atomic mass is 35.5. The van der Waals surface area contributed by atoms with E-state index in [2.05, 4.69) is 10.3 Å². The number of aryl methyl sites for hydroxylation is 1. The number of amides is 1. The van der Waals surface area contributed by atoms with Crippen LogP contribution >= 0.6 is 11.6 Å². The summed E-state index contributed by atoms with van der Waals surface area (Å²) in [5.41, 5.74) is 2.26. The molecular weight excluding hydrogens is 342 g/mol. The van der Waals surface area contributed by atoms with Crippen molar-refractivity contribution >= 4 is 34.1 Å². The van der Waals surface area contributed by atoms with Crippen LogP contribution in [0.2, 0.25) is 5.02 Å². The molecule has 7 heteroatoms. The molecule has 3 rings (SSSR count). The van der Waals surface area contributed by atoms with Crippen molar-refractivity contribution in [3.63, 3.8) is 0 Å². The maximum absolute atomic E-state index is 12.4. The fourth-order valence-electron chi connectivity index (χ4n) is 2.83. The van der Waals surface area contributed by atoms with Crippen molar-refractivity contribution < 1.29 is 9.72 Å². The normalized spacial score (nSPS) is 10.8. The smallest absolute Gasteiger partial charge is 0.283 e. The van der Waals surface area contributed by atoms with Crippen molar-refractivity contribution in [3.8, 4) is 0 Å². The zero-order valence-electron chi connectivity index (χ0n) is 13.5. The van der Waals surface area contributed by atoms with Gasteiger partial charge in [0.05, 0.1) is 4.92 Å². The van der Waals surface area contributed by atoms with Gasteiger partial charge in [-0.25, -0.2) is 0 Å². The molecule has 25 heavy (non-hydrogen) atoms. The van der Waals surface area contributed by atoms with Crippen molar-refractivity contribution in [2.24, 2.45) is 0 Å². The summed E-state index contributed by atoms with van der Waals surface area (Å²) in [6.45, 7) is 2.00. The number of fused-ring (bicyclic) bond motifs is 1. The molecule has 0 bridgehead atoms. The number of para-hydroxylation sites is 1. The number of hydrogen-bond acceptors (Lipinski definition) is 3. The Labute approximate surface area is 149 Å². The Balaban J connectivity index is 1.71. The Morgan fingerprint density at radius 2 is 2.04 bits per heavy atom. The molecule has 0 aliphatic heterocycles. The second-order valence-corrected chi connectivity index (χ2v) is 6.20. The van der Waals surface area contributed by atoms with Gasteiger partial charge in [0.25, 0.3) is 11.6 Å². The van der Waals surface area contributed by atoms with Crippen LogP contribution in [-0.2, 0) is 6.42 Å². The highest BCUT2D eigenvalue weighted by molar-refractivity contribution is 6.31. The van der Waals surface area contributed by atoms with Gasteiger partial charge >= 0.3 is 0 Å². The average molecular weight is 358 g/mol. The van der Waals surface area contributed by atoms with Crippen molar-refractivity contribution in [3.05, 3.63) is 74.4 Å². The van der Waals surface area contributed by atoms with Crippen LogP contribution in [0.5, 0.6) is 0 Å². The molecule has 2 aromatic carbocycles. The van der Waals surface area contributed by atoms with Gasteiger partial charge in [-0.05, 0) is 36.1 Å². The van der Waals surface area contributed by atoms with Crippen molar-refractivity contribution in [2.45, 2.75) is 13.3 Å². The largest absolute Gasteiger partial charge is 0.358 e. The van der Waals surface area contributed by atoms with E-state index in [1.165, 1.54) is 6.07 Å². The Kier molecular flexibility index (Phi) is 4.72. The second kappa shape index (κ2) is 6.94. The molecule has 1 heterocycles. The lowest BCUT2D eigenvalue weighted by Gasteiger charge is -2.08. The van der Waals surface area contributed by atoms with E-state index in [1.807, 2.05) is 30.3 Å². The van der Waals surface area contributed by atoms with E-state index in [1.54, 1.807) is 13.0 Å². The SMILES string of the molecule is Cc1cc(Cl)cc([N+](=O)[O-])c1C(=O)NCCc1cc2ccccc2[nH]1. The number of carbonyl (C=O) groups excluding carboxylic acids is 1. The third-order valence-electron chi connectivity index (χ3n) is 3.97. The number of benzene rings is 2. The average Bonchev–Trinajstić information content (AvgIpc) is 2.96. The zero-order valence-corrected chi connectivity index (χ0v) is 14.3. The van der Waals surface area contributed by atoms with E-state index in [0.29, 0.717) is 18.5 Å². The number of hydrogen-bond donors (Lipinski definition) is 2. The van der Waals surface area contributed by atoms with E-state index >= 15 is 0 Å². The number of aromatic nitrogens is 1. The predicted octanol–water partition coefficient (Wildman–Crippen LogP) is 4.01. The Bertz CT molecular complexity index is 932. The van der Waals surface area contributed by atoms with Gasteiger partial charge in [-0.1, -0.05) is 29.8 Å². The number of rotatable bonds is 5. The number of carbonyl (C=O) groups is 1. The van der Waals surface area contributed by atoms with E-state index in [9.17, 15) is 14.9 Å². The molecule has 0 unspecified atom stereocenters. The van der Waals surface area contributed by atoms with Gasteiger partial charge in [-0.3, -0.25) is 14.9 Å². The minimum atomic E-state index is -0.592. The van der Waals surface area contributed by atoms with E-state index in [4.69, 9.17) is 11.6 Å². The highest BCUT2D eigenvalue weighted by Crippen LogP contribution is 2.27. The molecule has 0 radical (unpaired) electrons. The van der Waals surface area contributed by atoms with Crippen LogP contribution in [-0.4, -0.2) is 22.4 Å². The van der Waals surface area contributed by atoms with Gasteiger partial charge < -0.3 is 10.3 Å². The monoisotopic (exact) mass is 357 g/mol. The first kappa shape index (κ1) is 17.0. The van der Waals surface area contributed by atoms with Crippen LogP contribution in [0.25, 0.3) is 10.9 Å². The van der Waals surface area contributed by atoms with Crippen LogP contribution in [0.1, 0.15) is 21.6 Å². The number of H-pyrrole nitrogens is 1. The standard InChI is InChI=1S/C18H16ClN3O3/c1-11-8-13(19)10-16(22(24)25)17(11)18(23)20-7-6-14-9-12-4-2-3-5-15(12)21-14/h2-5,8-10,21H,6-7H2,1H3,(H,20,23). The van der Waals surface area contributed by atoms with E-state index in [-0.39, 0.29) is 16.3 Å². The third kappa shape index (κ3) is 3.64. The van der Waals surface area contributed by atoms with Gasteiger partial charge in [0.1, 0.15) is 5.56 Å². The molecular formula is C18H16ClN3O3. The highest BCUT2D eigenvalue weighted by Gasteiger charge is 2.23. The Morgan fingerprint density at radius 3 is 2.76 bits per heavy atom. The molecule has 128 valence electrons. The summed E-state index contributed by atoms with van der Waals surface area (Å²) in [5.74, 6) is -0.475. The van der Waals surface area contributed by atoms with Crippen molar-refractivity contribution in [1.29, 1.82) is 0 Å². The van der Waals surface area contributed by atoms with Gasteiger partial charge in [-0.15, -0.1) is 0 Å². The molecule has 0 saturated carbocycles. The molecule has 3 aromatic rings. The van der Waals surface area contributed by atoms with Crippen LogP contribution in [0, 0.1) is 17.0 Å². The first-order chi connectivity index (χ1) is 12.0. The van der Waals surface area contributed by atoms with Crippen LogP contribution in [0.3, 0.4) is 0 Å².